The summed E-state index contributed by atoms with van der Waals surface area (Å²) >= 11 is 0. The summed E-state index contributed by atoms with van der Waals surface area (Å²) in [7, 11) is 0. The summed E-state index contributed by atoms with van der Waals surface area (Å²) < 4.78 is 52.9. The van der Waals surface area contributed by atoms with Gasteiger partial charge in [-0.3, -0.25) is 0 Å². The van der Waals surface area contributed by atoms with Crippen LogP contribution in [0.3, 0.4) is 0 Å². The van der Waals surface area contributed by atoms with E-state index in [0.717, 1.165) is 0 Å². The summed E-state index contributed by atoms with van der Waals surface area (Å²) in [6.07, 6.45) is -2.36. The number of nitrogens with zero attached hydrogens (tertiary/aromatic N) is 2. The SMILES string of the molecule is NCc1ccnc(COCC(F)(F)C(F)F)n1. The molecular weight excluding hydrogens is 242 g/mol. The van der Waals surface area contributed by atoms with Crippen LogP contribution in [0.2, 0.25) is 0 Å². The zero-order valence-electron chi connectivity index (χ0n) is 8.75. The van der Waals surface area contributed by atoms with Crippen molar-refractivity contribution in [2.24, 2.45) is 5.73 Å². The Balaban J connectivity index is 2.45. The van der Waals surface area contributed by atoms with E-state index >= 15 is 0 Å². The molecule has 0 aromatic carbocycles. The van der Waals surface area contributed by atoms with Gasteiger partial charge in [0.1, 0.15) is 13.2 Å². The van der Waals surface area contributed by atoms with E-state index in [0.29, 0.717) is 5.69 Å². The Hall–Kier alpha value is -1.28. The molecule has 0 aliphatic carbocycles. The first-order valence-electron chi connectivity index (χ1n) is 4.70. The fourth-order valence-electron chi connectivity index (χ4n) is 0.966. The van der Waals surface area contributed by atoms with Crippen molar-refractivity contribution in [1.29, 1.82) is 0 Å². The molecule has 96 valence electrons. The van der Waals surface area contributed by atoms with Gasteiger partial charge in [-0.15, -0.1) is 0 Å². The topological polar surface area (TPSA) is 61.0 Å². The second kappa shape index (κ2) is 5.87. The fourth-order valence-corrected chi connectivity index (χ4v) is 0.966. The molecule has 1 aromatic rings. The molecule has 0 unspecified atom stereocenters. The van der Waals surface area contributed by atoms with Crippen LogP contribution in [0.1, 0.15) is 11.5 Å². The third-order valence-electron chi connectivity index (χ3n) is 1.82. The Kier molecular flexibility index (Phi) is 4.76. The van der Waals surface area contributed by atoms with E-state index in [9.17, 15) is 17.6 Å². The monoisotopic (exact) mass is 253 g/mol. The third-order valence-corrected chi connectivity index (χ3v) is 1.82. The molecule has 0 atom stereocenters. The maximum atomic E-state index is 12.5. The predicted molar refractivity (Wildman–Crippen MR) is 50.5 cm³/mol. The van der Waals surface area contributed by atoms with Crippen molar-refractivity contribution in [3.63, 3.8) is 0 Å². The van der Waals surface area contributed by atoms with Crippen LogP contribution in [0.5, 0.6) is 0 Å². The Labute approximate surface area is 94.8 Å². The first-order valence-corrected chi connectivity index (χ1v) is 4.70. The van der Waals surface area contributed by atoms with Crippen LogP contribution in [-0.4, -0.2) is 28.9 Å². The van der Waals surface area contributed by atoms with Gasteiger partial charge in [0, 0.05) is 12.7 Å². The van der Waals surface area contributed by atoms with Crippen LogP contribution < -0.4 is 5.73 Å². The van der Waals surface area contributed by atoms with E-state index < -0.39 is 19.0 Å². The smallest absolute Gasteiger partial charge is 0.330 e. The summed E-state index contributed by atoms with van der Waals surface area (Å²) in [5.41, 5.74) is 5.82. The van der Waals surface area contributed by atoms with E-state index in [2.05, 4.69) is 14.7 Å². The Morgan fingerprint density at radius 3 is 2.71 bits per heavy atom. The quantitative estimate of drug-likeness (QED) is 0.777. The number of halogens is 4. The summed E-state index contributed by atoms with van der Waals surface area (Å²) in [5.74, 6) is -4.04. The van der Waals surface area contributed by atoms with Crippen molar-refractivity contribution in [3.05, 3.63) is 23.8 Å². The summed E-state index contributed by atoms with van der Waals surface area (Å²) in [6.45, 7) is -1.57. The van der Waals surface area contributed by atoms with Crippen molar-refractivity contribution >= 4 is 0 Å². The molecule has 0 fully saturated rings. The maximum Gasteiger partial charge on any atom is 0.330 e. The lowest BCUT2D eigenvalue weighted by Crippen LogP contribution is -2.32. The number of nitrogens with two attached hydrogens (primary N) is 1. The van der Waals surface area contributed by atoms with Crippen molar-refractivity contribution < 1.29 is 22.3 Å². The Morgan fingerprint density at radius 1 is 1.41 bits per heavy atom. The summed E-state index contributed by atoms with van der Waals surface area (Å²) in [5, 5.41) is 0. The van der Waals surface area contributed by atoms with Crippen LogP contribution in [0.25, 0.3) is 0 Å². The highest BCUT2D eigenvalue weighted by molar-refractivity contribution is 5.01. The van der Waals surface area contributed by atoms with Gasteiger partial charge in [-0.2, -0.15) is 8.78 Å². The molecule has 0 radical (unpaired) electrons. The zero-order valence-corrected chi connectivity index (χ0v) is 8.75. The van der Waals surface area contributed by atoms with Gasteiger partial charge < -0.3 is 10.5 Å². The lowest BCUT2D eigenvalue weighted by Gasteiger charge is -2.14. The van der Waals surface area contributed by atoms with Gasteiger partial charge in [-0.1, -0.05) is 0 Å². The molecule has 0 spiro atoms. The molecule has 0 aliphatic heterocycles. The number of aromatic nitrogens is 2. The van der Waals surface area contributed by atoms with Crippen LogP contribution in [-0.2, 0) is 17.9 Å². The normalized spacial score (nSPS) is 12.1. The molecule has 0 saturated heterocycles. The molecule has 4 nitrogen and oxygen atoms in total. The minimum Gasteiger partial charge on any atom is -0.367 e. The van der Waals surface area contributed by atoms with Gasteiger partial charge in [-0.25, -0.2) is 18.7 Å². The molecule has 0 amide bonds. The standard InChI is InChI=1S/C9H11F4N3O/c10-8(11)9(12,13)5-17-4-7-15-2-1-6(3-14)16-7/h1-2,8H,3-5,14H2. The van der Waals surface area contributed by atoms with E-state index in [1.807, 2.05) is 0 Å². The molecule has 2 N–H and O–H groups in total. The van der Waals surface area contributed by atoms with Crippen LogP contribution in [0, 0.1) is 0 Å². The number of rotatable bonds is 6. The summed E-state index contributed by atoms with van der Waals surface area (Å²) in [4.78, 5) is 7.59. The van der Waals surface area contributed by atoms with Gasteiger partial charge in [0.25, 0.3) is 0 Å². The van der Waals surface area contributed by atoms with E-state index in [-0.39, 0.29) is 19.0 Å². The third kappa shape index (κ3) is 4.23. The van der Waals surface area contributed by atoms with Gasteiger partial charge >= 0.3 is 12.3 Å². The molecule has 8 heteroatoms. The zero-order chi connectivity index (χ0) is 12.9. The minimum absolute atomic E-state index is 0.123. The Bertz CT molecular complexity index is 362. The minimum atomic E-state index is -4.16. The van der Waals surface area contributed by atoms with Crippen LogP contribution in [0.4, 0.5) is 17.6 Å². The van der Waals surface area contributed by atoms with E-state index in [1.165, 1.54) is 6.20 Å². The predicted octanol–water partition coefficient (Wildman–Crippen LogP) is 1.35. The lowest BCUT2D eigenvalue weighted by molar-refractivity contribution is -0.168. The van der Waals surface area contributed by atoms with Crippen LogP contribution in [0.15, 0.2) is 12.3 Å². The Morgan fingerprint density at radius 2 is 2.12 bits per heavy atom. The number of hydrogen-bond acceptors (Lipinski definition) is 4. The highest BCUT2D eigenvalue weighted by Crippen LogP contribution is 2.23. The second-order valence-corrected chi connectivity index (χ2v) is 3.22. The van der Waals surface area contributed by atoms with Gasteiger partial charge in [0.2, 0.25) is 0 Å². The van der Waals surface area contributed by atoms with Gasteiger partial charge in [0.15, 0.2) is 5.82 Å². The first-order chi connectivity index (χ1) is 7.95. The lowest BCUT2D eigenvalue weighted by atomic mass is 10.4. The number of alkyl halides is 4. The van der Waals surface area contributed by atoms with Crippen molar-refractivity contribution in [3.8, 4) is 0 Å². The molecular formula is C9H11F4N3O. The fraction of sp³-hybridized carbons (Fsp3) is 0.556. The molecule has 1 heterocycles. The second-order valence-electron chi connectivity index (χ2n) is 3.22. The first kappa shape index (κ1) is 13.8. The molecule has 17 heavy (non-hydrogen) atoms. The average Bonchev–Trinajstić information content (AvgIpc) is 2.29. The highest BCUT2D eigenvalue weighted by atomic mass is 19.3. The largest absolute Gasteiger partial charge is 0.367 e. The molecule has 1 aromatic heterocycles. The molecule has 1 rings (SSSR count). The average molecular weight is 253 g/mol. The molecule has 0 aliphatic rings. The van der Waals surface area contributed by atoms with Crippen molar-refractivity contribution in [1.82, 2.24) is 9.97 Å². The molecule has 0 bridgehead atoms. The van der Waals surface area contributed by atoms with Crippen LogP contribution >= 0.6 is 0 Å². The van der Waals surface area contributed by atoms with Gasteiger partial charge in [0.05, 0.1) is 5.69 Å². The number of hydrogen-bond donors (Lipinski definition) is 1. The van der Waals surface area contributed by atoms with Crippen molar-refractivity contribution in [2.45, 2.75) is 25.5 Å². The maximum absolute atomic E-state index is 12.5. The number of ether oxygens (including phenoxy) is 1. The van der Waals surface area contributed by atoms with Crippen molar-refractivity contribution in [2.75, 3.05) is 6.61 Å². The van der Waals surface area contributed by atoms with E-state index in [1.54, 1.807) is 6.07 Å². The van der Waals surface area contributed by atoms with Gasteiger partial charge in [-0.05, 0) is 6.07 Å². The summed E-state index contributed by atoms with van der Waals surface area (Å²) in [6, 6.07) is 1.55. The highest BCUT2D eigenvalue weighted by Gasteiger charge is 2.40. The van der Waals surface area contributed by atoms with E-state index in [4.69, 9.17) is 5.73 Å². The molecule has 0 saturated carbocycles.